The standard InChI is InChI=1S/C34H27BrN2O4S/c1-3-27-30(33(39)40-2)31(23-11-5-4-6-12-23)37-32(38)29(42-34(37)36-27)19-21-16-17-28(26(35)18-21)41-20-24-14-9-13-22-10-7-8-15-25(22)24/h4-19,31H,3,20H2,1-2H3/b29-19-/t31-/m0/s1. The highest BCUT2D eigenvalue weighted by molar-refractivity contribution is 9.10. The van der Waals surface area contributed by atoms with Gasteiger partial charge in [0.2, 0.25) is 0 Å². The molecule has 6 nitrogen and oxygen atoms in total. The maximum absolute atomic E-state index is 13.8. The number of ether oxygens (including phenoxy) is 2. The fraction of sp³-hybridized carbons (Fsp3) is 0.147. The normalized spacial score (nSPS) is 14.9. The van der Waals surface area contributed by atoms with E-state index in [0.29, 0.717) is 39.4 Å². The molecule has 8 heteroatoms. The molecule has 1 aromatic heterocycles. The number of allylic oxidation sites excluding steroid dienone is 1. The van der Waals surface area contributed by atoms with Gasteiger partial charge in [0.05, 0.1) is 33.4 Å². The number of methoxy groups -OCH3 is 1. The second-order valence-corrected chi connectivity index (χ2v) is 11.7. The molecule has 5 aromatic rings. The molecule has 4 aromatic carbocycles. The molecule has 0 saturated carbocycles. The first kappa shape index (κ1) is 27.9. The molecule has 0 N–H and O–H groups in total. The van der Waals surface area contributed by atoms with Gasteiger partial charge >= 0.3 is 5.97 Å². The minimum Gasteiger partial charge on any atom is -0.488 e. The van der Waals surface area contributed by atoms with Crippen LogP contribution in [0, 0.1) is 0 Å². The number of carbonyl (C=O) groups is 1. The smallest absolute Gasteiger partial charge is 0.338 e. The third-order valence-corrected chi connectivity index (χ3v) is 8.89. The predicted molar refractivity (Wildman–Crippen MR) is 169 cm³/mol. The van der Waals surface area contributed by atoms with E-state index in [2.05, 4.69) is 40.2 Å². The number of esters is 1. The number of halogens is 1. The Morgan fingerprint density at radius 3 is 2.55 bits per heavy atom. The molecule has 0 saturated heterocycles. The van der Waals surface area contributed by atoms with Gasteiger partial charge in [0.15, 0.2) is 4.80 Å². The number of fused-ring (bicyclic) bond motifs is 2. The molecule has 1 aliphatic rings. The first-order valence-electron chi connectivity index (χ1n) is 13.6. The molecule has 0 aliphatic carbocycles. The van der Waals surface area contributed by atoms with Crippen molar-refractivity contribution in [2.45, 2.75) is 26.0 Å². The lowest BCUT2D eigenvalue weighted by atomic mass is 9.95. The Morgan fingerprint density at radius 1 is 1.02 bits per heavy atom. The van der Waals surface area contributed by atoms with Gasteiger partial charge in [-0.1, -0.05) is 97.1 Å². The zero-order chi connectivity index (χ0) is 29.2. The summed E-state index contributed by atoms with van der Waals surface area (Å²) in [6, 6.07) is 29.1. The second-order valence-electron chi connectivity index (χ2n) is 9.82. The van der Waals surface area contributed by atoms with Gasteiger partial charge in [0.1, 0.15) is 12.4 Å². The summed E-state index contributed by atoms with van der Waals surface area (Å²) in [4.78, 5) is 32.1. The lowest BCUT2D eigenvalue weighted by Gasteiger charge is -2.25. The van der Waals surface area contributed by atoms with Crippen LogP contribution >= 0.6 is 27.3 Å². The maximum Gasteiger partial charge on any atom is 0.338 e. The van der Waals surface area contributed by atoms with Gasteiger partial charge in [-0.2, -0.15) is 0 Å². The minimum absolute atomic E-state index is 0.212. The fourth-order valence-corrected chi connectivity index (χ4v) is 6.79. The van der Waals surface area contributed by atoms with E-state index in [-0.39, 0.29) is 5.56 Å². The number of rotatable bonds is 7. The number of benzene rings is 4. The average Bonchev–Trinajstić information content (AvgIpc) is 3.33. The van der Waals surface area contributed by atoms with Crippen molar-refractivity contribution in [3.8, 4) is 5.75 Å². The Bertz CT molecular complexity index is 2020. The van der Waals surface area contributed by atoms with Gasteiger partial charge in [-0.3, -0.25) is 9.36 Å². The van der Waals surface area contributed by atoms with Crippen molar-refractivity contribution in [3.63, 3.8) is 0 Å². The van der Waals surface area contributed by atoms with E-state index in [1.807, 2.05) is 79.7 Å². The number of thiazole rings is 1. The first-order chi connectivity index (χ1) is 20.5. The quantitative estimate of drug-likeness (QED) is 0.196. The largest absolute Gasteiger partial charge is 0.488 e. The molecule has 42 heavy (non-hydrogen) atoms. The van der Waals surface area contributed by atoms with E-state index in [0.717, 1.165) is 21.2 Å². The van der Waals surface area contributed by atoms with Crippen LogP contribution in [0.1, 0.15) is 36.1 Å². The van der Waals surface area contributed by atoms with Gasteiger partial charge in [-0.15, -0.1) is 0 Å². The zero-order valence-corrected chi connectivity index (χ0v) is 25.4. The molecule has 0 spiro atoms. The molecule has 0 unspecified atom stereocenters. The molecule has 1 aliphatic heterocycles. The van der Waals surface area contributed by atoms with Crippen LogP contribution in [0.3, 0.4) is 0 Å². The number of nitrogens with zero attached hydrogens (tertiary/aromatic N) is 2. The Labute approximate surface area is 255 Å². The van der Waals surface area contributed by atoms with Crippen molar-refractivity contribution in [1.82, 2.24) is 4.57 Å². The van der Waals surface area contributed by atoms with Crippen LogP contribution in [-0.4, -0.2) is 17.6 Å². The topological polar surface area (TPSA) is 69.9 Å². The van der Waals surface area contributed by atoms with E-state index in [1.165, 1.54) is 29.2 Å². The predicted octanol–water partition coefficient (Wildman–Crippen LogP) is 6.29. The van der Waals surface area contributed by atoms with Gasteiger partial charge < -0.3 is 9.47 Å². The molecule has 1 atom stereocenters. The Morgan fingerprint density at radius 2 is 1.79 bits per heavy atom. The first-order valence-corrected chi connectivity index (χ1v) is 15.2. The monoisotopic (exact) mass is 638 g/mol. The van der Waals surface area contributed by atoms with E-state index in [9.17, 15) is 9.59 Å². The Balaban J connectivity index is 1.35. The Kier molecular flexibility index (Phi) is 7.91. The summed E-state index contributed by atoms with van der Waals surface area (Å²) in [5, 5.41) is 2.34. The molecule has 2 heterocycles. The summed E-state index contributed by atoms with van der Waals surface area (Å²) >= 11 is 4.96. The van der Waals surface area contributed by atoms with Crippen molar-refractivity contribution < 1.29 is 14.3 Å². The molecule has 0 radical (unpaired) electrons. The van der Waals surface area contributed by atoms with Crippen molar-refractivity contribution >= 4 is 50.1 Å². The van der Waals surface area contributed by atoms with Gasteiger partial charge in [-0.05, 0) is 68.0 Å². The van der Waals surface area contributed by atoms with Crippen LogP contribution in [0.5, 0.6) is 5.75 Å². The van der Waals surface area contributed by atoms with E-state index < -0.39 is 12.0 Å². The molecular formula is C34H27BrN2O4S. The van der Waals surface area contributed by atoms with Gasteiger partial charge in [0, 0.05) is 0 Å². The van der Waals surface area contributed by atoms with Crippen LogP contribution in [0.2, 0.25) is 0 Å². The second kappa shape index (κ2) is 11.9. The highest BCUT2D eigenvalue weighted by Gasteiger charge is 2.33. The Hall–Kier alpha value is -4.27. The molecule has 210 valence electrons. The van der Waals surface area contributed by atoms with Gasteiger partial charge in [0.25, 0.3) is 5.56 Å². The summed E-state index contributed by atoms with van der Waals surface area (Å²) in [5.41, 5.74) is 3.57. The van der Waals surface area contributed by atoms with E-state index in [1.54, 1.807) is 4.57 Å². The minimum atomic E-state index is -0.622. The SMILES string of the molecule is CCC1=C(C(=O)OC)[C@H](c2ccccc2)n2c(s/c(=C\c3ccc(OCc4cccc5ccccc45)c(Br)c3)c2=O)=N1. The number of hydrogen-bond acceptors (Lipinski definition) is 6. The third-order valence-electron chi connectivity index (χ3n) is 7.28. The number of aromatic nitrogens is 1. The third kappa shape index (κ3) is 5.24. The van der Waals surface area contributed by atoms with Crippen molar-refractivity contribution in [2.24, 2.45) is 4.99 Å². The van der Waals surface area contributed by atoms with Crippen LogP contribution in [0.25, 0.3) is 16.8 Å². The number of hydrogen-bond donors (Lipinski definition) is 0. The summed E-state index contributed by atoms with van der Waals surface area (Å²) in [5.74, 6) is 0.225. The molecule has 0 bridgehead atoms. The maximum atomic E-state index is 13.8. The van der Waals surface area contributed by atoms with Crippen LogP contribution in [0.15, 0.2) is 117 Å². The number of carbonyl (C=O) groups excluding carboxylic acids is 1. The lowest BCUT2D eigenvalue weighted by molar-refractivity contribution is -0.136. The summed E-state index contributed by atoms with van der Waals surface area (Å²) in [7, 11) is 1.35. The summed E-state index contributed by atoms with van der Waals surface area (Å²) in [6.45, 7) is 2.37. The van der Waals surface area contributed by atoms with Crippen molar-refractivity contribution in [3.05, 3.63) is 143 Å². The highest BCUT2D eigenvalue weighted by Crippen LogP contribution is 2.32. The van der Waals surface area contributed by atoms with Gasteiger partial charge in [-0.25, -0.2) is 9.79 Å². The highest BCUT2D eigenvalue weighted by atomic mass is 79.9. The van der Waals surface area contributed by atoms with Crippen molar-refractivity contribution in [2.75, 3.05) is 7.11 Å². The molecule has 0 amide bonds. The zero-order valence-electron chi connectivity index (χ0n) is 23.0. The fourth-order valence-electron chi connectivity index (χ4n) is 5.26. The average molecular weight is 640 g/mol. The van der Waals surface area contributed by atoms with Crippen LogP contribution in [0.4, 0.5) is 0 Å². The lowest BCUT2D eigenvalue weighted by Crippen LogP contribution is -2.40. The molecule has 0 fully saturated rings. The molecule has 6 rings (SSSR count). The van der Waals surface area contributed by atoms with Crippen LogP contribution in [-0.2, 0) is 16.1 Å². The van der Waals surface area contributed by atoms with E-state index in [4.69, 9.17) is 14.5 Å². The van der Waals surface area contributed by atoms with Crippen LogP contribution < -0.4 is 19.6 Å². The summed E-state index contributed by atoms with van der Waals surface area (Å²) in [6.07, 6.45) is 2.38. The molecular weight excluding hydrogens is 612 g/mol. The van der Waals surface area contributed by atoms with E-state index >= 15 is 0 Å². The summed E-state index contributed by atoms with van der Waals surface area (Å²) < 4.78 is 14.2. The van der Waals surface area contributed by atoms with Crippen molar-refractivity contribution in [1.29, 1.82) is 0 Å².